The number of nitriles is 1. The second-order valence-corrected chi connectivity index (χ2v) is 3.23. The van der Waals surface area contributed by atoms with Gasteiger partial charge in [0.25, 0.3) is 5.56 Å². The molecule has 19 heavy (non-hydrogen) atoms. The largest absolute Gasteiger partial charge is 0.573 e. The first-order valence-electron chi connectivity index (χ1n) is 4.50. The molecule has 1 N–H and O–H groups in total. The van der Waals surface area contributed by atoms with Crippen LogP contribution in [0, 0.1) is 11.3 Å². The van der Waals surface area contributed by atoms with Gasteiger partial charge in [-0.3, -0.25) is 4.79 Å². The molecule has 1 heterocycles. The minimum Gasteiger partial charge on any atom is -0.399 e. The number of halogens is 6. The second-order valence-electron chi connectivity index (χ2n) is 3.23. The summed E-state index contributed by atoms with van der Waals surface area (Å²) in [5.74, 6) is -1.92. The number of pyridine rings is 1. The SMILES string of the molecule is N#CCc1c[nH]c(=O)c(OC(F)(F)F)c1C(F)(F)F. The fourth-order valence-corrected chi connectivity index (χ4v) is 1.30. The van der Waals surface area contributed by atoms with E-state index in [2.05, 4.69) is 4.74 Å². The molecule has 0 fully saturated rings. The minimum absolute atomic E-state index is 0.525. The zero-order valence-electron chi connectivity index (χ0n) is 8.82. The molecule has 0 saturated heterocycles. The van der Waals surface area contributed by atoms with Crippen molar-refractivity contribution in [2.24, 2.45) is 0 Å². The lowest BCUT2D eigenvalue weighted by atomic mass is 10.1. The van der Waals surface area contributed by atoms with Crippen molar-refractivity contribution < 1.29 is 31.1 Å². The van der Waals surface area contributed by atoms with Crippen molar-refractivity contribution >= 4 is 0 Å². The molecule has 0 spiro atoms. The van der Waals surface area contributed by atoms with Crippen LogP contribution < -0.4 is 10.3 Å². The summed E-state index contributed by atoms with van der Waals surface area (Å²) in [6, 6.07) is 1.35. The van der Waals surface area contributed by atoms with E-state index in [9.17, 15) is 31.1 Å². The summed E-state index contributed by atoms with van der Waals surface area (Å²) in [5, 5.41) is 8.33. The first kappa shape index (κ1) is 14.9. The van der Waals surface area contributed by atoms with Gasteiger partial charge in [0, 0.05) is 6.20 Å². The van der Waals surface area contributed by atoms with E-state index >= 15 is 0 Å². The Bertz CT molecular complexity index is 566. The Morgan fingerprint density at radius 3 is 2.26 bits per heavy atom. The lowest BCUT2D eigenvalue weighted by Crippen LogP contribution is -2.27. The van der Waals surface area contributed by atoms with E-state index in [1.807, 2.05) is 0 Å². The fourth-order valence-electron chi connectivity index (χ4n) is 1.30. The van der Waals surface area contributed by atoms with Crippen LogP contribution in [0.1, 0.15) is 11.1 Å². The van der Waals surface area contributed by atoms with E-state index in [-0.39, 0.29) is 0 Å². The van der Waals surface area contributed by atoms with Crippen LogP contribution in [0.2, 0.25) is 0 Å². The highest BCUT2D eigenvalue weighted by Gasteiger charge is 2.42. The van der Waals surface area contributed by atoms with Gasteiger partial charge in [-0.05, 0) is 5.56 Å². The fraction of sp³-hybridized carbons (Fsp3) is 0.333. The van der Waals surface area contributed by atoms with Gasteiger partial charge in [0.05, 0.1) is 12.5 Å². The number of rotatable bonds is 2. The van der Waals surface area contributed by atoms with E-state index in [4.69, 9.17) is 5.26 Å². The molecular weight excluding hydrogens is 282 g/mol. The van der Waals surface area contributed by atoms with E-state index in [0.717, 1.165) is 0 Å². The molecule has 0 amide bonds. The average molecular weight is 286 g/mol. The van der Waals surface area contributed by atoms with Crippen molar-refractivity contribution in [3.05, 3.63) is 27.7 Å². The number of nitrogens with one attached hydrogen (secondary N) is 1. The molecule has 0 radical (unpaired) electrons. The molecule has 0 bridgehead atoms. The number of aromatic nitrogens is 1. The van der Waals surface area contributed by atoms with Crippen molar-refractivity contribution in [2.75, 3.05) is 0 Å². The van der Waals surface area contributed by atoms with E-state index < -0.39 is 41.4 Å². The summed E-state index contributed by atoms with van der Waals surface area (Å²) >= 11 is 0. The van der Waals surface area contributed by atoms with Crippen molar-refractivity contribution in [3.8, 4) is 11.8 Å². The van der Waals surface area contributed by atoms with Gasteiger partial charge >= 0.3 is 12.5 Å². The summed E-state index contributed by atoms with van der Waals surface area (Å²) in [6.07, 6.45) is -11.0. The van der Waals surface area contributed by atoms with Crippen LogP contribution >= 0.6 is 0 Å². The Kier molecular flexibility index (Phi) is 3.78. The zero-order chi connectivity index (χ0) is 14.8. The highest BCUT2D eigenvalue weighted by molar-refractivity contribution is 5.41. The molecule has 0 aliphatic carbocycles. The normalized spacial score (nSPS) is 12.1. The number of aromatic amines is 1. The summed E-state index contributed by atoms with van der Waals surface area (Å²) in [7, 11) is 0. The van der Waals surface area contributed by atoms with Crippen LogP contribution in [0.5, 0.6) is 5.75 Å². The topological polar surface area (TPSA) is 65.9 Å². The summed E-state index contributed by atoms with van der Waals surface area (Å²) in [4.78, 5) is 12.7. The van der Waals surface area contributed by atoms with Gasteiger partial charge in [0.1, 0.15) is 5.56 Å². The average Bonchev–Trinajstić information content (AvgIpc) is 2.19. The summed E-state index contributed by atoms with van der Waals surface area (Å²) < 4.78 is 77.1. The maximum absolute atomic E-state index is 12.7. The second kappa shape index (κ2) is 4.83. The molecular formula is C9H4F6N2O2. The molecule has 0 aromatic carbocycles. The van der Waals surface area contributed by atoms with E-state index in [1.165, 1.54) is 6.07 Å². The van der Waals surface area contributed by atoms with Gasteiger partial charge < -0.3 is 9.72 Å². The van der Waals surface area contributed by atoms with Gasteiger partial charge in [-0.1, -0.05) is 0 Å². The maximum atomic E-state index is 12.7. The molecule has 0 atom stereocenters. The monoisotopic (exact) mass is 286 g/mol. The van der Waals surface area contributed by atoms with Crippen LogP contribution in [0.25, 0.3) is 0 Å². The van der Waals surface area contributed by atoms with Gasteiger partial charge in [0.2, 0.25) is 5.75 Å². The molecule has 0 saturated carbocycles. The lowest BCUT2D eigenvalue weighted by Gasteiger charge is -2.16. The van der Waals surface area contributed by atoms with Crippen LogP contribution in [0.3, 0.4) is 0 Å². The van der Waals surface area contributed by atoms with Crippen LogP contribution in [-0.2, 0) is 12.6 Å². The zero-order valence-corrected chi connectivity index (χ0v) is 8.82. The van der Waals surface area contributed by atoms with Gasteiger partial charge in [-0.15, -0.1) is 13.2 Å². The summed E-state index contributed by atoms with van der Waals surface area (Å²) in [5.41, 5.74) is -4.41. The Morgan fingerprint density at radius 1 is 1.26 bits per heavy atom. The predicted molar refractivity (Wildman–Crippen MR) is 48.1 cm³/mol. The van der Waals surface area contributed by atoms with Crippen molar-refractivity contribution in [1.82, 2.24) is 4.98 Å². The Hall–Kier alpha value is -2.18. The van der Waals surface area contributed by atoms with Crippen molar-refractivity contribution in [3.63, 3.8) is 0 Å². The predicted octanol–water partition coefficient (Wildman–Crippen LogP) is 2.36. The van der Waals surface area contributed by atoms with Crippen molar-refractivity contribution in [2.45, 2.75) is 19.0 Å². The maximum Gasteiger partial charge on any atom is 0.573 e. The molecule has 0 aliphatic rings. The number of hydrogen-bond donors (Lipinski definition) is 1. The molecule has 4 nitrogen and oxygen atoms in total. The van der Waals surface area contributed by atoms with Crippen molar-refractivity contribution in [1.29, 1.82) is 5.26 Å². The third-order valence-electron chi connectivity index (χ3n) is 1.90. The Labute approximate surface area is 101 Å². The highest BCUT2D eigenvalue weighted by Crippen LogP contribution is 2.38. The first-order chi connectivity index (χ1) is 8.56. The first-order valence-corrected chi connectivity index (χ1v) is 4.50. The molecule has 1 aromatic rings. The number of alkyl halides is 6. The lowest BCUT2D eigenvalue weighted by molar-refractivity contribution is -0.276. The Morgan fingerprint density at radius 2 is 1.84 bits per heavy atom. The molecule has 0 unspecified atom stereocenters. The quantitative estimate of drug-likeness (QED) is 0.849. The van der Waals surface area contributed by atoms with Crippen LogP contribution in [-0.4, -0.2) is 11.3 Å². The standard InChI is InChI=1S/C9H4F6N2O2/c10-8(11,12)5-4(1-2-16)3-17-7(18)6(5)19-9(13,14)15/h3H,1H2,(H,17,18). The third kappa shape index (κ3) is 3.64. The molecule has 0 aliphatic heterocycles. The van der Waals surface area contributed by atoms with Gasteiger partial charge in [-0.25, -0.2) is 0 Å². The molecule has 1 rings (SSSR count). The molecule has 1 aromatic heterocycles. The Balaban J connectivity index is 3.55. The van der Waals surface area contributed by atoms with E-state index in [0.29, 0.717) is 6.20 Å². The van der Waals surface area contributed by atoms with Gasteiger partial charge in [0.15, 0.2) is 0 Å². The number of nitrogens with zero attached hydrogens (tertiary/aromatic N) is 1. The highest BCUT2D eigenvalue weighted by atomic mass is 19.4. The van der Waals surface area contributed by atoms with Crippen LogP contribution in [0.4, 0.5) is 26.3 Å². The number of H-pyrrole nitrogens is 1. The van der Waals surface area contributed by atoms with E-state index in [1.54, 1.807) is 4.98 Å². The van der Waals surface area contributed by atoms with Crippen LogP contribution in [0.15, 0.2) is 11.0 Å². The van der Waals surface area contributed by atoms with Gasteiger partial charge in [-0.2, -0.15) is 18.4 Å². The molecule has 104 valence electrons. The summed E-state index contributed by atoms with van der Waals surface area (Å²) in [6.45, 7) is 0. The minimum atomic E-state index is -5.46. The molecule has 10 heteroatoms. The smallest absolute Gasteiger partial charge is 0.399 e. The third-order valence-corrected chi connectivity index (χ3v) is 1.90. The number of hydrogen-bond acceptors (Lipinski definition) is 3. The number of ether oxygens (including phenoxy) is 1.